The molecule has 6 heteroatoms. The van der Waals surface area contributed by atoms with E-state index >= 15 is 0 Å². The number of rotatable bonds is 4. The van der Waals surface area contributed by atoms with Gasteiger partial charge in [-0.1, -0.05) is 6.92 Å². The Labute approximate surface area is 113 Å². The standard InChI is InChI=1S/C13H20N4O2/c1-3-16-6-4-11(5-7-16)15-13-8-10(2)12(9-14-13)17(18)19/h8-9,11H,3-7H2,1-2H3,(H,14,15). The number of nitro groups is 1. The summed E-state index contributed by atoms with van der Waals surface area (Å²) in [5.74, 6) is 0.734. The van der Waals surface area contributed by atoms with Crippen LogP contribution in [0, 0.1) is 17.0 Å². The molecule has 1 aromatic heterocycles. The van der Waals surface area contributed by atoms with Crippen molar-refractivity contribution in [2.24, 2.45) is 0 Å². The molecule has 0 amide bonds. The number of hydrogen-bond donors (Lipinski definition) is 1. The van der Waals surface area contributed by atoms with Crippen molar-refractivity contribution in [2.45, 2.75) is 32.7 Å². The maximum atomic E-state index is 10.7. The molecule has 1 aliphatic heterocycles. The summed E-state index contributed by atoms with van der Waals surface area (Å²) in [7, 11) is 0. The minimum Gasteiger partial charge on any atom is -0.367 e. The Bertz CT molecular complexity index is 456. The predicted molar refractivity (Wildman–Crippen MR) is 74.4 cm³/mol. The molecule has 1 aliphatic rings. The zero-order valence-corrected chi connectivity index (χ0v) is 11.4. The van der Waals surface area contributed by atoms with Crippen molar-refractivity contribution in [3.63, 3.8) is 0 Å². The van der Waals surface area contributed by atoms with Crippen molar-refractivity contribution < 1.29 is 4.92 Å². The molecular formula is C13H20N4O2. The van der Waals surface area contributed by atoms with Crippen LogP contribution in [0.5, 0.6) is 0 Å². The SMILES string of the molecule is CCN1CCC(Nc2cc(C)c([N+](=O)[O-])cn2)CC1. The van der Waals surface area contributed by atoms with Crippen molar-refractivity contribution in [3.05, 3.63) is 27.9 Å². The Kier molecular flexibility index (Phi) is 4.31. The molecule has 104 valence electrons. The number of piperidine rings is 1. The van der Waals surface area contributed by atoms with E-state index in [1.807, 2.05) is 0 Å². The van der Waals surface area contributed by atoms with Gasteiger partial charge in [-0.2, -0.15) is 0 Å². The first-order chi connectivity index (χ1) is 9.10. The Morgan fingerprint density at radius 1 is 1.53 bits per heavy atom. The van der Waals surface area contributed by atoms with Crippen molar-refractivity contribution in [1.82, 2.24) is 9.88 Å². The number of nitrogens with one attached hydrogen (secondary N) is 1. The topological polar surface area (TPSA) is 71.3 Å². The van der Waals surface area contributed by atoms with E-state index in [4.69, 9.17) is 0 Å². The van der Waals surface area contributed by atoms with Crippen LogP contribution in [0.25, 0.3) is 0 Å². The first kappa shape index (κ1) is 13.7. The third-order valence-corrected chi connectivity index (χ3v) is 3.67. The van der Waals surface area contributed by atoms with E-state index in [0.717, 1.165) is 38.3 Å². The molecule has 0 aromatic carbocycles. The smallest absolute Gasteiger partial charge is 0.290 e. The number of aryl methyl sites for hydroxylation is 1. The van der Waals surface area contributed by atoms with Gasteiger partial charge in [-0.05, 0) is 32.4 Å². The van der Waals surface area contributed by atoms with E-state index in [2.05, 4.69) is 22.1 Å². The number of anilines is 1. The Morgan fingerprint density at radius 3 is 2.74 bits per heavy atom. The lowest BCUT2D eigenvalue weighted by molar-refractivity contribution is -0.385. The number of aromatic nitrogens is 1. The van der Waals surface area contributed by atoms with Crippen molar-refractivity contribution in [3.8, 4) is 0 Å². The van der Waals surface area contributed by atoms with Gasteiger partial charge < -0.3 is 10.2 Å². The molecule has 0 radical (unpaired) electrons. The summed E-state index contributed by atoms with van der Waals surface area (Å²) in [6.45, 7) is 7.21. The van der Waals surface area contributed by atoms with E-state index in [1.54, 1.807) is 13.0 Å². The number of likely N-dealkylation sites (tertiary alicyclic amines) is 1. The predicted octanol–water partition coefficient (Wildman–Crippen LogP) is 2.19. The van der Waals surface area contributed by atoms with Crippen LogP contribution in [0.1, 0.15) is 25.3 Å². The lowest BCUT2D eigenvalue weighted by atomic mass is 10.1. The Hall–Kier alpha value is -1.69. The van der Waals surface area contributed by atoms with E-state index < -0.39 is 4.92 Å². The largest absolute Gasteiger partial charge is 0.367 e. The van der Waals surface area contributed by atoms with Crippen LogP contribution in [0.2, 0.25) is 0 Å². The highest BCUT2D eigenvalue weighted by atomic mass is 16.6. The lowest BCUT2D eigenvalue weighted by Crippen LogP contribution is -2.39. The zero-order valence-electron chi connectivity index (χ0n) is 11.4. The first-order valence-corrected chi connectivity index (χ1v) is 6.70. The summed E-state index contributed by atoms with van der Waals surface area (Å²) >= 11 is 0. The average molecular weight is 264 g/mol. The van der Waals surface area contributed by atoms with E-state index in [1.165, 1.54) is 6.20 Å². The monoisotopic (exact) mass is 264 g/mol. The van der Waals surface area contributed by atoms with Crippen molar-refractivity contribution in [2.75, 3.05) is 25.0 Å². The van der Waals surface area contributed by atoms with Crippen molar-refractivity contribution in [1.29, 1.82) is 0 Å². The van der Waals surface area contributed by atoms with Crippen molar-refractivity contribution >= 4 is 11.5 Å². The minimum atomic E-state index is -0.397. The Morgan fingerprint density at radius 2 is 2.21 bits per heavy atom. The third-order valence-electron chi connectivity index (χ3n) is 3.67. The zero-order chi connectivity index (χ0) is 13.8. The van der Waals surface area contributed by atoms with Crippen LogP contribution in [-0.4, -0.2) is 40.5 Å². The second kappa shape index (κ2) is 5.97. The van der Waals surface area contributed by atoms with Crippen LogP contribution in [0.3, 0.4) is 0 Å². The second-order valence-corrected chi connectivity index (χ2v) is 4.97. The number of hydrogen-bond acceptors (Lipinski definition) is 5. The fraction of sp³-hybridized carbons (Fsp3) is 0.615. The molecule has 1 saturated heterocycles. The quantitative estimate of drug-likeness (QED) is 0.666. The number of nitrogens with zero attached hydrogens (tertiary/aromatic N) is 3. The van der Waals surface area contributed by atoms with Gasteiger partial charge in [0.1, 0.15) is 12.0 Å². The molecule has 2 rings (SSSR count). The van der Waals surface area contributed by atoms with Crippen LogP contribution in [-0.2, 0) is 0 Å². The molecule has 0 atom stereocenters. The maximum Gasteiger partial charge on any atom is 0.290 e. The third kappa shape index (κ3) is 3.41. The van der Waals surface area contributed by atoms with Crippen LogP contribution in [0.15, 0.2) is 12.3 Å². The Balaban J connectivity index is 1.97. The molecule has 2 heterocycles. The highest BCUT2D eigenvalue weighted by Gasteiger charge is 2.19. The fourth-order valence-electron chi connectivity index (χ4n) is 2.42. The molecular weight excluding hydrogens is 244 g/mol. The van der Waals surface area contributed by atoms with Crippen LogP contribution >= 0.6 is 0 Å². The van der Waals surface area contributed by atoms with Gasteiger partial charge in [-0.3, -0.25) is 10.1 Å². The molecule has 1 N–H and O–H groups in total. The summed E-state index contributed by atoms with van der Waals surface area (Å²) in [6, 6.07) is 2.17. The summed E-state index contributed by atoms with van der Waals surface area (Å²) in [4.78, 5) is 16.9. The van der Waals surface area contributed by atoms with E-state index in [-0.39, 0.29) is 5.69 Å². The molecule has 0 bridgehead atoms. The fourth-order valence-corrected chi connectivity index (χ4v) is 2.42. The van der Waals surface area contributed by atoms with Crippen LogP contribution < -0.4 is 5.32 Å². The summed E-state index contributed by atoms with van der Waals surface area (Å²) in [5, 5.41) is 14.1. The second-order valence-electron chi connectivity index (χ2n) is 4.97. The molecule has 0 saturated carbocycles. The summed E-state index contributed by atoms with van der Waals surface area (Å²) in [6.07, 6.45) is 3.51. The van der Waals surface area contributed by atoms with Gasteiger partial charge in [0.15, 0.2) is 0 Å². The van der Waals surface area contributed by atoms with Gasteiger partial charge in [0, 0.05) is 24.7 Å². The van der Waals surface area contributed by atoms with Crippen LogP contribution in [0.4, 0.5) is 11.5 Å². The van der Waals surface area contributed by atoms with E-state index in [0.29, 0.717) is 11.6 Å². The molecule has 0 spiro atoms. The maximum absolute atomic E-state index is 10.7. The highest BCUT2D eigenvalue weighted by Crippen LogP contribution is 2.21. The number of pyridine rings is 1. The molecule has 6 nitrogen and oxygen atoms in total. The minimum absolute atomic E-state index is 0.0753. The summed E-state index contributed by atoms with van der Waals surface area (Å²) in [5.41, 5.74) is 0.722. The highest BCUT2D eigenvalue weighted by molar-refractivity contribution is 5.47. The van der Waals surface area contributed by atoms with Gasteiger partial charge in [0.25, 0.3) is 5.69 Å². The molecule has 1 fully saturated rings. The lowest BCUT2D eigenvalue weighted by Gasteiger charge is -2.31. The van der Waals surface area contributed by atoms with Gasteiger partial charge in [-0.25, -0.2) is 4.98 Å². The molecule has 0 aliphatic carbocycles. The molecule has 1 aromatic rings. The van der Waals surface area contributed by atoms with Gasteiger partial charge in [-0.15, -0.1) is 0 Å². The van der Waals surface area contributed by atoms with Gasteiger partial charge in [0.05, 0.1) is 4.92 Å². The molecule has 0 unspecified atom stereocenters. The average Bonchev–Trinajstić information content (AvgIpc) is 2.39. The summed E-state index contributed by atoms with van der Waals surface area (Å²) < 4.78 is 0. The normalized spacial score (nSPS) is 17.4. The first-order valence-electron chi connectivity index (χ1n) is 6.70. The van der Waals surface area contributed by atoms with Gasteiger partial charge in [0.2, 0.25) is 0 Å². The van der Waals surface area contributed by atoms with Gasteiger partial charge >= 0.3 is 0 Å². The van der Waals surface area contributed by atoms with E-state index in [9.17, 15) is 10.1 Å². The molecule has 19 heavy (non-hydrogen) atoms.